The lowest BCUT2D eigenvalue weighted by molar-refractivity contribution is 0.159. The first-order valence-corrected chi connectivity index (χ1v) is 5.12. The Hall–Kier alpha value is -0.530. The van der Waals surface area contributed by atoms with E-state index in [0.29, 0.717) is 11.8 Å². The molecule has 1 nitrogen and oxygen atoms in total. The lowest BCUT2D eigenvalue weighted by Gasteiger charge is -2.13. The van der Waals surface area contributed by atoms with E-state index in [1.807, 2.05) is 12.1 Å². The highest BCUT2D eigenvalue weighted by molar-refractivity contribution is 6.30. The summed E-state index contributed by atoms with van der Waals surface area (Å²) in [4.78, 5) is 0. The van der Waals surface area contributed by atoms with Crippen molar-refractivity contribution in [2.45, 2.75) is 30.8 Å². The van der Waals surface area contributed by atoms with E-state index in [-0.39, 0.29) is 6.10 Å². The standard InChI is InChI=1S/C11H11ClO/c12-6-1-2-7-8-3-4-9(11(8)13)10(7)5-6/h1-2,5,8-9,11,13H,3-4H2/t8-,9+,11-/m1/s1. The molecule has 0 radical (unpaired) electrons. The number of rotatable bonds is 0. The van der Waals surface area contributed by atoms with Crippen LogP contribution in [0.5, 0.6) is 0 Å². The maximum atomic E-state index is 9.90. The molecular formula is C11H11ClO. The third kappa shape index (κ3) is 0.918. The molecule has 1 N–H and O–H groups in total. The van der Waals surface area contributed by atoms with Gasteiger partial charge in [0.1, 0.15) is 0 Å². The summed E-state index contributed by atoms with van der Waals surface area (Å²) in [7, 11) is 0. The van der Waals surface area contributed by atoms with Crippen molar-refractivity contribution in [2.24, 2.45) is 0 Å². The fraction of sp³-hybridized carbons (Fsp3) is 0.455. The van der Waals surface area contributed by atoms with Crippen LogP contribution < -0.4 is 0 Å². The second-order valence-corrected chi connectivity index (χ2v) is 4.49. The van der Waals surface area contributed by atoms with Gasteiger partial charge in [-0.25, -0.2) is 0 Å². The third-order valence-corrected chi connectivity index (χ3v) is 3.70. The van der Waals surface area contributed by atoms with Crippen LogP contribution >= 0.6 is 11.6 Å². The first kappa shape index (κ1) is 7.84. The van der Waals surface area contributed by atoms with E-state index in [2.05, 4.69) is 6.07 Å². The average Bonchev–Trinajstić information content (AvgIpc) is 2.59. The molecule has 1 aromatic rings. The fourth-order valence-corrected chi connectivity index (χ4v) is 3.04. The molecule has 1 aromatic carbocycles. The smallest absolute Gasteiger partial charge is 0.0677 e. The van der Waals surface area contributed by atoms with Crippen LogP contribution in [-0.2, 0) is 0 Å². The highest BCUT2D eigenvalue weighted by Gasteiger charge is 2.44. The molecule has 2 heteroatoms. The number of benzene rings is 1. The van der Waals surface area contributed by atoms with Crippen LogP contribution in [-0.4, -0.2) is 11.2 Å². The molecule has 0 aliphatic heterocycles. The minimum atomic E-state index is -0.145. The Morgan fingerprint density at radius 3 is 2.62 bits per heavy atom. The van der Waals surface area contributed by atoms with Crippen LogP contribution in [0.25, 0.3) is 0 Å². The van der Waals surface area contributed by atoms with Crippen molar-refractivity contribution in [1.82, 2.24) is 0 Å². The summed E-state index contributed by atoms with van der Waals surface area (Å²) in [6.07, 6.45) is 2.12. The molecule has 13 heavy (non-hydrogen) atoms. The topological polar surface area (TPSA) is 20.2 Å². The van der Waals surface area contributed by atoms with Gasteiger partial charge < -0.3 is 5.11 Å². The number of aliphatic hydroxyl groups excluding tert-OH is 1. The molecule has 68 valence electrons. The first-order valence-electron chi connectivity index (χ1n) is 4.75. The van der Waals surface area contributed by atoms with Gasteiger partial charge in [0, 0.05) is 16.9 Å². The van der Waals surface area contributed by atoms with Crippen LogP contribution in [0.2, 0.25) is 5.02 Å². The van der Waals surface area contributed by atoms with Crippen molar-refractivity contribution in [1.29, 1.82) is 0 Å². The minimum Gasteiger partial charge on any atom is -0.392 e. The maximum absolute atomic E-state index is 9.90. The van der Waals surface area contributed by atoms with Crippen molar-refractivity contribution in [3.05, 3.63) is 34.3 Å². The zero-order chi connectivity index (χ0) is 9.00. The Balaban J connectivity index is 2.19. The number of halogens is 1. The minimum absolute atomic E-state index is 0.145. The average molecular weight is 195 g/mol. The molecular weight excluding hydrogens is 184 g/mol. The zero-order valence-corrected chi connectivity index (χ0v) is 7.96. The molecule has 2 aliphatic rings. The molecule has 0 aromatic heterocycles. The highest BCUT2D eigenvalue weighted by atomic mass is 35.5. The number of aliphatic hydroxyl groups is 1. The van der Waals surface area contributed by atoms with E-state index in [9.17, 15) is 5.11 Å². The van der Waals surface area contributed by atoms with Crippen molar-refractivity contribution in [3.8, 4) is 0 Å². The second kappa shape index (κ2) is 2.49. The first-order chi connectivity index (χ1) is 6.27. The van der Waals surface area contributed by atoms with Gasteiger partial charge in [-0.3, -0.25) is 0 Å². The van der Waals surface area contributed by atoms with Gasteiger partial charge in [-0.1, -0.05) is 17.7 Å². The summed E-state index contributed by atoms with van der Waals surface area (Å²) >= 11 is 5.93. The molecule has 0 spiro atoms. The molecule has 0 saturated heterocycles. The largest absolute Gasteiger partial charge is 0.392 e. The van der Waals surface area contributed by atoms with E-state index in [1.165, 1.54) is 11.1 Å². The molecule has 0 unspecified atom stereocenters. The Morgan fingerprint density at radius 2 is 1.85 bits per heavy atom. The molecule has 3 atom stereocenters. The molecule has 2 aliphatic carbocycles. The Kier molecular flexibility index (Phi) is 1.50. The predicted molar refractivity (Wildman–Crippen MR) is 52.2 cm³/mol. The number of hydrogen-bond acceptors (Lipinski definition) is 1. The van der Waals surface area contributed by atoms with Crippen LogP contribution in [0.1, 0.15) is 35.8 Å². The molecule has 0 heterocycles. The Morgan fingerprint density at radius 1 is 1.15 bits per heavy atom. The van der Waals surface area contributed by atoms with E-state index in [1.54, 1.807) is 0 Å². The van der Waals surface area contributed by atoms with E-state index in [0.717, 1.165) is 17.9 Å². The summed E-state index contributed by atoms with van der Waals surface area (Å²) in [5.74, 6) is 0.746. The van der Waals surface area contributed by atoms with E-state index < -0.39 is 0 Å². The lowest BCUT2D eigenvalue weighted by Crippen LogP contribution is -2.08. The van der Waals surface area contributed by atoms with Gasteiger partial charge >= 0.3 is 0 Å². The van der Waals surface area contributed by atoms with Crippen molar-refractivity contribution < 1.29 is 5.11 Å². The normalized spacial score (nSPS) is 35.1. The fourth-order valence-electron chi connectivity index (χ4n) is 2.86. The highest BCUT2D eigenvalue weighted by Crippen LogP contribution is 2.53. The molecule has 1 fully saturated rings. The van der Waals surface area contributed by atoms with Gasteiger partial charge in [0.15, 0.2) is 0 Å². The van der Waals surface area contributed by atoms with Crippen molar-refractivity contribution >= 4 is 11.6 Å². The van der Waals surface area contributed by atoms with Gasteiger partial charge in [0.2, 0.25) is 0 Å². The number of fused-ring (bicyclic) bond motifs is 5. The zero-order valence-electron chi connectivity index (χ0n) is 7.20. The van der Waals surface area contributed by atoms with E-state index >= 15 is 0 Å². The summed E-state index contributed by atoms with van der Waals surface area (Å²) in [5, 5.41) is 10.7. The third-order valence-electron chi connectivity index (χ3n) is 3.46. The lowest BCUT2D eigenvalue weighted by atomic mass is 9.92. The monoisotopic (exact) mass is 194 g/mol. The molecule has 1 saturated carbocycles. The predicted octanol–water partition coefficient (Wildman–Crippen LogP) is 2.68. The van der Waals surface area contributed by atoms with Crippen molar-refractivity contribution in [2.75, 3.05) is 0 Å². The second-order valence-electron chi connectivity index (χ2n) is 4.05. The summed E-state index contributed by atoms with van der Waals surface area (Å²) in [6.45, 7) is 0. The Bertz CT molecular complexity index is 361. The van der Waals surface area contributed by atoms with Crippen LogP contribution in [0.4, 0.5) is 0 Å². The van der Waals surface area contributed by atoms with Gasteiger partial charge in [-0.2, -0.15) is 0 Å². The molecule has 2 bridgehead atoms. The molecule has 3 rings (SSSR count). The summed E-state index contributed by atoms with van der Waals surface area (Å²) < 4.78 is 0. The Labute approximate surface area is 82.3 Å². The van der Waals surface area contributed by atoms with Gasteiger partial charge in [-0.05, 0) is 36.1 Å². The van der Waals surface area contributed by atoms with Crippen LogP contribution in [0, 0.1) is 0 Å². The van der Waals surface area contributed by atoms with E-state index in [4.69, 9.17) is 11.6 Å². The quantitative estimate of drug-likeness (QED) is 0.674. The van der Waals surface area contributed by atoms with Crippen molar-refractivity contribution in [3.63, 3.8) is 0 Å². The summed E-state index contributed by atoms with van der Waals surface area (Å²) in [5.41, 5.74) is 2.62. The molecule has 0 amide bonds. The van der Waals surface area contributed by atoms with Crippen LogP contribution in [0.15, 0.2) is 18.2 Å². The maximum Gasteiger partial charge on any atom is 0.0677 e. The number of hydrogen-bond donors (Lipinski definition) is 1. The summed E-state index contributed by atoms with van der Waals surface area (Å²) in [6, 6.07) is 6.02. The van der Waals surface area contributed by atoms with Gasteiger partial charge in [0.25, 0.3) is 0 Å². The van der Waals surface area contributed by atoms with Crippen LogP contribution in [0.3, 0.4) is 0 Å². The van der Waals surface area contributed by atoms with Gasteiger partial charge in [-0.15, -0.1) is 0 Å². The SMILES string of the molecule is O[C@@H]1[C@@H]2CC[C@H]1c1cc(Cl)ccc12. The van der Waals surface area contributed by atoms with Gasteiger partial charge in [0.05, 0.1) is 6.10 Å².